The standard InChI is InChI=1S/C24H24FN3O4.ClH/c25-21-8-7-19(32-18-5-3-17(4-6-18)9-10-26)16-20(21)23(29)27-11-13-28(14-12-27)24(30)22-2-1-15-31-22;/h1-8,15-16H,9-14,26H2;1H. The van der Waals surface area contributed by atoms with Crippen molar-refractivity contribution in [2.75, 3.05) is 32.7 Å². The summed E-state index contributed by atoms with van der Waals surface area (Å²) in [5.41, 5.74) is 6.60. The van der Waals surface area contributed by atoms with Gasteiger partial charge in [0.1, 0.15) is 17.3 Å². The van der Waals surface area contributed by atoms with Crippen LogP contribution in [0, 0.1) is 5.82 Å². The van der Waals surface area contributed by atoms with E-state index in [9.17, 15) is 14.0 Å². The molecule has 174 valence electrons. The van der Waals surface area contributed by atoms with Crippen molar-refractivity contribution >= 4 is 24.2 Å². The first-order chi connectivity index (χ1) is 15.5. The van der Waals surface area contributed by atoms with Gasteiger partial charge in [-0.15, -0.1) is 12.4 Å². The van der Waals surface area contributed by atoms with E-state index in [0.717, 1.165) is 12.0 Å². The van der Waals surface area contributed by atoms with Crippen LogP contribution in [-0.2, 0) is 6.42 Å². The zero-order valence-corrected chi connectivity index (χ0v) is 18.7. The Hall–Kier alpha value is -3.36. The number of hydrogen-bond acceptors (Lipinski definition) is 5. The number of carbonyl (C=O) groups is 2. The van der Waals surface area contributed by atoms with Crippen LogP contribution in [0.15, 0.2) is 65.3 Å². The van der Waals surface area contributed by atoms with Crippen molar-refractivity contribution in [3.05, 3.63) is 83.6 Å². The van der Waals surface area contributed by atoms with Crippen LogP contribution in [0.3, 0.4) is 0 Å². The predicted octanol–water partition coefficient (Wildman–Crippen LogP) is 3.73. The molecule has 1 aliphatic rings. The summed E-state index contributed by atoms with van der Waals surface area (Å²) < 4.78 is 25.4. The number of benzene rings is 2. The molecule has 0 atom stereocenters. The zero-order valence-electron chi connectivity index (χ0n) is 17.9. The summed E-state index contributed by atoms with van der Waals surface area (Å²) in [4.78, 5) is 28.5. The summed E-state index contributed by atoms with van der Waals surface area (Å²) in [6.07, 6.45) is 2.22. The highest BCUT2D eigenvalue weighted by Crippen LogP contribution is 2.25. The molecular formula is C24H25ClFN3O4. The molecule has 2 heterocycles. The Bertz CT molecular complexity index is 1080. The number of carbonyl (C=O) groups excluding carboxylic acids is 2. The Kier molecular flexibility index (Phi) is 8.08. The molecule has 0 aliphatic carbocycles. The molecule has 9 heteroatoms. The van der Waals surface area contributed by atoms with E-state index in [0.29, 0.717) is 44.2 Å². The van der Waals surface area contributed by atoms with Crippen molar-refractivity contribution < 1.29 is 23.1 Å². The van der Waals surface area contributed by atoms with Gasteiger partial charge in [-0.05, 0) is 61.0 Å². The fourth-order valence-corrected chi connectivity index (χ4v) is 3.60. The van der Waals surface area contributed by atoms with Crippen LogP contribution in [0.25, 0.3) is 0 Å². The fourth-order valence-electron chi connectivity index (χ4n) is 3.60. The van der Waals surface area contributed by atoms with Crippen molar-refractivity contribution in [3.63, 3.8) is 0 Å². The molecular weight excluding hydrogens is 449 g/mol. The zero-order chi connectivity index (χ0) is 22.5. The van der Waals surface area contributed by atoms with Gasteiger partial charge in [0, 0.05) is 26.2 Å². The quantitative estimate of drug-likeness (QED) is 0.589. The van der Waals surface area contributed by atoms with Crippen LogP contribution >= 0.6 is 12.4 Å². The molecule has 0 radical (unpaired) electrons. The van der Waals surface area contributed by atoms with Gasteiger partial charge < -0.3 is 24.7 Å². The Morgan fingerprint density at radius 3 is 2.18 bits per heavy atom. The third kappa shape index (κ3) is 5.71. The van der Waals surface area contributed by atoms with Crippen molar-refractivity contribution in [2.45, 2.75) is 6.42 Å². The van der Waals surface area contributed by atoms with Gasteiger partial charge in [-0.3, -0.25) is 9.59 Å². The van der Waals surface area contributed by atoms with Crippen LogP contribution in [0.1, 0.15) is 26.5 Å². The number of halogens is 2. The van der Waals surface area contributed by atoms with E-state index in [1.54, 1.807) is 17.0 Å². The van der Waals surface area contributed by atoms with Crippen molar-refractivity contribution in [3.8, 4) is 11.5 Å². The number of nitrogens with two attached hydrogens (primary N) is 1. The average Bonchev–Trinajstić information content (AvgIpc) is 3.36. The first kappa shape index (κ1) is 24.3. The van der Waals surface area contributed by atoms with E-state index in [-0.39, 0.29) is 29.6 Å². The molecule has 1 aliphatic heterocycles. The minimum absolute atomic E-state index is 0. The Balaban J connectivity index is 0.00000306. The summed E-state index contributed by atoms with van der Waals surface area (Å²) in [7, 11) is 0. The number of nitrogens with zero attached hydrogens (tertiary/aromatic N) is 2. The second-order valence-corrected chi connectivity index (χ2v) is 7.49. The molecule has 3 aromatic rings. The third-order valence-corrected chi connectivity index (χ3v) is 5.35. The minimum Gasteiger partial charge on any atom is -0.459 e. The average molecular weight is 474 g/mol. The van der Waals surface area contributed by atoms with Gasteiger partial charge in [-0.25, -0.2) is 4.39 Å². The first-order valence-corrected chi connectivity index (χ1v) is 10.4. The van der Waals surface area contributed by atoms with Gasteiger partial charge in [0.05, 0.1) is 11.8 Å². The maximum Gasteiger partial charge on any atom is 0.289 e. The third-order valence-electron chi connectivity index (χ3n) is 5.35. The Labute approximate surface area is 197 Å². The van der Waals surface area contributed by atoms with Gasteiger partial charge >= 0.3 is 0 Å². The van der Waals surface area contributed by atoms with E-state index in [4.69, 9.17) is 14.9 Å². The minimum atomic E-state index is -0.616. The van der Waals surface area contributed by atoms with Crippen molar-refractivity contribution in [2.24, 2.45) is 5.73 Å². The first-order valence-electron chi connectivity index (χ1n) is 10.4. The highest BCUT2D eigenvalue weighted by atomic mass is 35.5. The molecule has 0 spiro atoms. The number of piperazine rings is 1. The molecule has 0 bridgehead atoms. The molecule has 33 heavy (non-hydrogen) atoms. The lowest BCUT2D eigenvalue weighted by atomic mass is 10.1. The number of ether oxygens (including phenoxy) is 1. The number of amides is 2. The van der Waals surface area contributed by atoms with E-state index < -0.39 is 11.7 Å². The normalized spacial score (nSPS) is 13.4. The maximum absolute atomic E-state index is 14.5. The van der Waals surface area contributed by atoms with Crippen LogP contribution in [0.5, 0.6) is 11.5 Å². The van der Waals surface area contributed by atoms with Crippen molar-refractivity contribution in [1.82, 2.24) is 9.80 Å². The largest absolute Gasteiger partial charge is 0.459 e. The van der Waals surface area contributed by atoms with Crippen LogP contribution in [0.4, 0.5) is 4.39 Å². The summed E-state index contributed by atoms with van der Waals surface area (Å²) in [6.45, 7) is 1.86. The number of furan rings is 1. The summed E-state index contributed by atoms with van der Waals surface area (Å²) in [6, 6.07) is 14.8. The fraction of sp³-hybridized carbons (Fsp3) is 0.250. The van der Waals surface area contributed by atoms with E-state index in [2.05, 4.69) is 0 Å². The molecule has 0 saturated carbocycles. The lowest BCUT2D eigenvalue weighted by Gasteiger charge is -2.34. The smallest absolute Gasteiger partial charge is 0.289 e. The van der Waals surface area contributed by atoms with E-state index in [1.807, 2.05) is 24.3 Å². The summed E-state index contributed by atoms with van der Waals surface area (Å²) >= 11 is 0. The second kappa shape index (κ2) is 11.0. The van der Waals surface area contributed by atoms with Gasteiger partial charge in [0.25, 0.3) is 11.8 Å². The molecule has 2 amide bonds. The molecule has 7 nitrogen and oxygen atoms in total. The van der Waals surface area contributed by atoms with Gasteiger partial charge in [0.15, 0.2) is 5.76 Å². The van der Waals surface area contributed by atoms with Crippen LogP contribution in [-0.4, -0.2) is 54.3 Å². The molecule has 2 N–H and O–H groups in total. The molecule has 4 rings (SSSR count). The van der Waals surface area contributed by atoms with E-state index in [1.165, 1.54) is 29.4 Å². The van der Waals surface area contributed by atoms with Gasteiger partial charge in [-0.1, -0.05) is 12.1 Å². The number of hydrogen-bond donors (Lipinski definition) is 1. The highest BCUT2D eigenvalue weighted by molar-refractivity contribution is 5.95. The summed E-state index contributed by atoms with van der Waals surface area (Å²) in [5.74, 6) is -0.0576. The molecule has 0 unspecified atom stereocenters. The Morgan fingerprint density at radius 1 is 0.939 bits per heavy atom. The van der Waals surface area contributed by atoms with Crippen LogP contribution < -0.4 is 10.5 Å². The second-order valence-electron chi connectivity index (χ2n) is 7.49. The van der Waals surface area contributed by atoms with Gasteiger partial charge in [-0.2, -0.15) is 0 Å². The monoisotopic (exact) mass is 473 g/mol. The highest BCUT2D eigenvalue weighted by Gasteiger charge is 2.28. The lowest BCUT2D eigenvalue weighted by Crippen LogP contribution is -2.50. The molecule has 2 aromatic carbocycles. The molecule has 1 saturated heterocycles. The number of rotatable bonds is 6. The Morgan fingerprint density at radius 2 is 1.58 bits per heavy atom. The maximum atomic E-state index is 14.5. The van der Waals surface area contributed by atoms with Crippen LogP contribution in [0.2, 0.25) is 0 Å². The van der Waals surface area contributed by atoms with Gasteiger partial charge in [0.2, 0.25) is 0 Å². The molecule has 1 aromatic heterocycles. The predicted molar refractivity (Wildman–Crippen MR) is 123 cm³/mol. The van der Waals surface area contributed by atoms with Crippen molar-refractivity contribution in [1.29, 1.82) is 0 Å². The molecule has 1 fully saturated rings. The van der Waals surface area contributed by atoms with E-state index >= 15 is 0 Å². The topological polar surface area (TPSA) is 89.0 Å². The lowest BCUT2D eigenvalue weighted by molar-refractivity contribution is 0.0515. The summed E-state index contributed by atoms with van der Waals surface area (Å²) in [5, 5.41) is 0. The SMILES string of the molecule is Cl.NCCc1ccc(Oc2ccc(F)c(C(=O)N3CCN(C(=O)c4ccco4)CC3)c2)cc1.